The molecular formula is C29H36F2N6O4. The SMILES string of the molecule is COCOc1cc(-c2cnn(C)c2)c(F)cc1-c1cnc(N(C)[C@H]2C[C@@H]3CC[C@H]([C@H]2F)N3C(=O)OC(C)(C)C)cn1. The number of carbonyl (C=O) groups is 1. The smallest absolute Gasteiger partial charge is 0.410 e. The summed E-state index contributed by atoms with van der Waals surface area (Å²) < 4.78 is 49.0. The van der Waals surface area contributed by atoms with Gasteiger partial charge < -0.3 is 19.1 Å². The Kier molecular flexibility index (Phi) is 7.87. The van der Waals surface area contributed by atoms with Crippen molar-refractivity contribution < 1.29 is 27.8 Å². The summed E-state index contributed by atoms with van der Waals surface area (Å²) in [5.41, 5.74) is 1.08. The molecule has 0 spiro atoms. The summed E-state index contributed by atoms with van der Waals surface area (Å²) in [6, 6.07) is 1.80. The molecule has 0 N–H and O–H groups in total. The Morgan fingerprint density at radius 2 is 1.93 bits per heavy atom. The van der Waals surface area contributed by atoms with Crippen LogP contribution in [0.5, 0.6) is 5.75 Å². The molecule has 4 atom stereocenters. The molecule has 10 nitrogen and oxygen atoms in total. The van der Waals surface area contributed by atoms with Crippen LogP contribution in [0.2, 0.25) is 0 Å². The first kappa shape index (κ1) is 28.7. The molecule has 2 aliphatic heterocycles. The number of ether oxygens (including phenoxy) is 3. The normalized spacial score (nSPS) is 22.1. The standard InChI is InChI=1S/C29H36F2N6O4/c1-29(2,3)41-28(38)37-18-7-8-23(37)27(31)24(9-18)36(5)26-14-32-22(13-33-26)20-10-21(30)19(11-25(20)40-16-39-6)17-12-34-35(4)15-17/h10-15,18,23-24,27H,7-9,16H2,1-6H3/t18-,23+,24-,27+/m0/s1. The van der Waals surface area contributed by atoms with E-state index in [1.165, 1.54) is 25.6 Å². The summed E-state index contributed by atoms with van der Waals surface area (Å²) in [4.78, 5) is 25.2. The van der Waals surface area contributed by atoms with E-state index in [-0.39, 0.29) is 12.8 Å². The highest BCUT2D eigenvalue weighted by Gasteiger charge is 2.52. The zero-order valence-electron chi connectivity index (χ0n) is 24.2. The molecule has 0 saturated carbocycles. The second kappa shape index (κ2) is 11.2. The lowest BCUT2D eigenvalue weighted by Gasteiger charge is -2.44. The van der Waals surface area contributed by atoms with Gasteiger partial charge in [0.05, 0.1) is 36.4 Å². The molecular weight excluding hydrogens is 534 g/mol. The first-order valence-corrected chi connectivity index (χ1v) is 13.6. The van der Waals surface area contributed by atoms with Crippen molar-refractivity contribution in [3.05, 3.63) is 42.7 Å². The minimum atomic E-state index is -1.28. The molecule has 4 heterocycles. The maximum atomic E-state index is 15.8. The Hall–Kier alpha value is -3.80. The van der Waals surface area contributed by atoms with Gasteiger partial charge in [-0.25, -0.2) is 18.6 Å². The lowest BCUT2D eigenvalue weighted by molar-refractivity contribution is -0.0104. The van der Waals surface area contributed by atoms with Crippen LogP contribution in [0.15, 0.2) is 36.9 Å². The summed E-state index contributed by atoms with van der Waals surface area (Å²) >= 11 is 0. The molecule has 5 rings (SSSR count). The minimum Gasteiger partial charge on any atom is -0.467 e. The van der Waals surface area contributed by atoms with E-state index in [2.05, 4.69) is 15.1 Å². The van der Waals surface area contributed by atoms with Gasteiger partial charge in [-0.1, -0.05) is 0 Å². The Morgan fingerprint density at radius 3 is 2.56 bits per heavy atom. The van der Waals surface area contributed by atoms with Crippen molar-refractivity contribution in [1.29, 1.82) is 0 Å². The van der Waals surface area contributed by atoms with Gasteiger partial charge in [0, 0.05) is 50.1 Å². The average molecular weight is 571 g/mol. The Labute approximate surface area is 238 Å². The second-order valence-corrected chi connectivity index (χ2v) is 11.6. The summed E-state index contributed by atoms with van der Waals surface area (Å²) in [5.74, 6) is 0.379. The molecule has 0 unspecified atom stereocenters. The van der Waals surface area contributed by atoms with Crippen molar-refractivity contribution in [3.8, 4) is 28.1 Å². The van der Waals surface area contributed by atoms with Gasteiger partial charge in [-0.15, -0.1) is 0 Å². The van der Waals surface area contributed by atoms with Crippen LogP contribution in [-0.2, 0) is 16.5 Å². The van der Waals surface area contributed by atoms with Crippen molar-refractivity contribution in [3.63, 3.8) is 0 Å². The van der Waals surface area contributed by atoms with Crippen LogP contribution in [0.25, 0.3) is 22.4 Å². The number of aromatic nitrogens is 4. The van der Waals surface area contributed by atoms with Gasteiger partial charge in [-0.05, 0) is 52.2 Å². The zero-order chi connectivity index (χ0) is 29.5. The zero-order valence-corrected chi connectivity index (χ0v) is 24.2. The molecule has 2 bridgehead atoms. The molecule has 0 radical (unpaired) electrons. The first-order valence-electron chi connectivity index (χ1n) is 13.6. The van der Waals surface area contributed by atoms with Gasteiger partial charge in [0.2, 0.25) is 0 Å². The van der Waals surface area contributed by atoms with Crippen LogP contribution in [0.1, 0.15) is 40.0 Å². The first-order chi connectivity index (χ1) is 19.5. The number of amides is 1. The second-order valence-electron chi connectivity index (χ2n) is 11.6. The number of hydrogen-bond acceptors (Lipinski definition) is 8. The summed E-state index contributed by atoms with van der Waals surface area (Å²) in [6.07, 6.45) is 6.36. The van der Waals surface area contributed by atoms with E-state index in [4.69, 9.17) is 14.2 Å². The van der Waals surface area contributed by atoms with Crippen molar-refractivity contribution in [2.75, 3.05) is 25.9 Å². The Bertz CT molecular complexity index is 1390. The number of fused-ring (bicyclic) bond motifs is 2. The third kappa shape index (κ3) is 5.83. The number of benzene rings is 1. The van der Waals surface area contributed by atoms with E-state index < -0.39 is 35.8 Å². The van der Waals surface area contributed by atoms with Gasteiger partial charge in [-0.3, -0.25) is 14.6 Å². The van der Waals surface area contributed by atoms with Crippen LogP contribution in [-0.4, -0.2) is 81.6 Å². The predicted molar refractivity (Wildman–Crippen MR) is 149 cm³/mol. The van der Waals surface area contributed by atoms with Crippen LogP contribution >= 0.6 is 0 Å². The third-order valence-electron chi connectivity index (χ3n) is 7.59. The number of alkyl halides is 1. The maximum Gasteiger partial charge on any atom is 0.410 e. The van der Waals surface area contributed by atoms with Crippen molar-refractivity contribution in [2.24, 2.45) is 7.05 Å². The lowest BCUT2D eigenvalue weighted by atomic mass is 9.94. The molecule has 2 fully saturated rings. The fourth-order valence-corrected chi connectivity index (χ4v) is 5.68. The van der Waals surface area contributed by atoms with Crippen LogP contribution in [0, 0.1) is 5.82 Å². The lowest BCUT2D eigenvalue weighted by Crippen LogP contribution is -2.59. The van der Waals surface area contributed by atoms with Crippen LogP contribution in [0.3, 0.4) is 0 Å². The molecule has 2 saturated heterocycles. The number of methoxy groups -OCH3 is 1. The largest absolute Gasteiger partial charge is 0.467 e. The van der Waals surface area contributed by atoms with Crippen LogP contribution in [0.4, 0.5) is 19.4 Å². The molecule has 1 amide bonds. The number of carbonyl (C=O) groups excluding carboxylic acids is 1. The minimum absolute atomic E-state index is 0.0401. The number of piperidine rings is 1. The van der Waals surface area contributed by atoms with E-state index >= 15 is 8.78 Å². The van der Waals surface area contributed by atoms with E-state index in [9.17, 15) is 4.79 Å². The molecule has 220 valence electrons. The van der Waals surface area contributed by atoms with E-state index in [1.807, 2.05) is 0 Å². The number of rotatable bonds is 7. The molecule has 1 aromatic carbocycles. The summed E-state index contributed by atoms with van der Waals surface area (Å²) in [7, 11) is 5.03. The molecule has 2 aliphatic rings. The molecule has 0 aliphatic carbocycles. The van der Waals surface area contributed by atoms with Crippen LogP contribution < -0.4 is 9.64 Å². The van der Waals surface area contributed by atoms with Gasteiger partial charge in [0.1, 0.15) is 29.2 Å². The number of anilines is 1. The highest BCUT2D eigenvalue weighted by Crippen LogP contribution is 2.41. The van der Waals surface area contributed by atoms with Crippen molar-refractivity contribution in [2.45, 2.75) is 69.9 Å². The van der Waals surface area contributed by atoms with Gasteiger partial charge in [0.25, 0.3) is 0 Å². The number of halogens is 2. The van der Waals surface area contributed by atoms with Gasteiger partial charge >= 0.3 is 6.09 Å². The molecule has 12 heteroatoms. The third-order valence-corrected chi connectivity index (χ3v) is 7.59. The predicted octanol–water partition coefficient (Wildman–Crippen LogP) is 4.98. The summed E-state index contributed by atoms with van der Waals surface area (Å²) in [6.45, 7) is 5.37. The quantitative estimate of drug-likeness (QED) is 0.367. The van der Waals surface area contributed by atoms with Crippen molar-refractivity contribution >= 4 is 11.9 Å². The van der Waals surface area contributed by atoms with E-state index in [0.29, 0.717) is 46.8 Å². The number of nitrogens with zero attached hydrogens (tertiary/aromatic N) is 6. The van der Waals surface area contributed by atoms with Crippen molar-refractivity contribution in [1.82, 2.24) is 24.6 Å². The van der Waals surface area contributed by atoms with Gasteiger partial charge in [-0.2, -0.15) is 5.10 Å². The summed E-state index contributed by atoms with van der Waals surface area (Å²) in [5, 5.41) is 4.12. The van der Waals surface area contributed by atoms with Gasteiger partial charge in [0.15, 0.2) is 6.79 Å². The number of hydrogen-bond donors (Lipinski definition) is 0. The highest BCUT2D eigenvalue weighted by atomic mass is 19.1. The molecule has 2 aromatic heterocycles. The maximum absolute atomic E-state index is 15.8. The Morgan fingerprint density at radius 1 is 1.15 bits per heavy atom. The molecule has 3 aromatic rings. The van der Waals surface area contributed by atoms with E-state index in [0.717, 1.165) is 6.42 Å². The van der Waals surface area contributed by atoms with E-state index in [1.54, 1.807) is 67.8 Å². The molecule has 41 heavy (non-hydrogen) atoms. The fraction of sp³-hybridized carbons (Fsp3) is 0.517. The monoisotopic (exact) mass is 570 g/mol. The topological polar surface area (TPSA) is 94.8 Å². The fourth-order valence-electron chi connectivity index (χ4n) is 5.68. The average Bonchev–Trinajstić information content (AvgIpc) is 3.51. The highest BCUT2D eigenvalue weighted by molar-refractivity contribution is 5.75. The number of aryl methyl sites for hydroxylation is 1. The Balaban J connectivity index is 1.36.